The van der Waals surface area contributed by atoms with Crippen LogP contribution in [0.15, 0.2) is 58.5 Å². The fourth-order valence-electron chi connectivity index (χ4n) is 7.47. The number of hydrogen-bond donors (Lipinski definition) is 10. The van der Waals surface area contributed by atoms with Crippen molar-refractivity contribution in [1.82, 2.24) is 83.7 Å². The number of nitrogens with one attached hydrogen (secondary N) is 7. The van der Waals surface area contributed by atoms with Gasteiger partial charge in [0.15, 0.2) is 11.2 Å². The molecule has 0 bridgehead atoms. The molecule has 0 saturated heterocycles. The number of carbonyl (C=O) groups excluding carboxylic acids is 8. The number of nitrogens with two attached hydrogens (primary N) is 3. The van der Waals surface area contributed by atoms with Gasteiger partial charge >= 0.3 is 17.1 Å². The second-order valence-electron chi connectivity index (χ2n) is 17.7. The predicted molar refractivity (Wildman–Crippen MR) is 274 cm³/mol. The largest absolute Gasteiger partial charge is 0.369 e. The van der Waals surface area contributed by atoms with Crippen LogP contribution in [0.1, 0.15) is 16.7 Å². The number of rotatable bonds is 27. The van der Waals surface area contributed by atoms with Gasteiger partial charge in [-0.25, -0.2) is 19.4 Å². The molecule has 35 nitrogen and oxygen atoms in total. The molecule has 0 saturated carbocycles. The molecule has 0 spiro atoms. The standard InChI is InChI=1S/C44H58N20O15/c1-24-12-61(42(77)54-37(24)73)19-31(69)57(8-4-45)16-28(66)49-6-10-59(32(70)20-62-13-25(2)38(74)55-43(62)78)18-30(68)50-7-11-60(33(71)21-63-14-26(3)39(75)56-44(63)79)17-29(67)48-5-9-58(15-27(46)65)34(72)22-64-23-51-35-36(64)52-41(47)53-40(35)76/h12-14,23H,4-11,15-22,45H2,1-3H3,(H2,46,65)(H,48,67)(H,49,66)(H,50,68)(H,54,73,77)(H,55,74,78)(H,56,75,79)(H3,47,52,53,76). The molecule has 5 aromatic heterocycles. The Morgan fingerprint density at radius 3 is 1.20 bits per heavy atom. The van der Waals surface area contributed by atoms with E-state index in [0.717, 1.165) is 52.0 Å². The van der Waals surface area contributed by atoms with Crippen molar-refractivity contribution in [1.29, 1.82) is 0 Å². The van der Waals surface area contributed by atoms with Gasteiger partial charge in [0.2, 0.25) is 53.2 Å². The zero-order chi connectivity index (χ0) is 58.2. The lowest BCUT2D eigenvalue weighted by Crippen LogP contribution is -2.50. The summed E-state index contributed by atoms with van der Waals surface area (Å²) in [5, 5.41) is 7.55. The Morgan fingerprint density at radius 1 is 0.506 bits per heavy atom. The molecule has 0 aromatic carbocycles. The number of carbonyl (C=O) groups is 8. The van der Waals surface area contributed by atoms with Gasteiger partial charge in [0.1, 0.15) is 26.2 Å². The number of H-pyrrole nitrogens is 4. The van der Waals surface area contributed by atoms with E-state index in [1.165, 1.54) is 31.5 Å². The molecule has 5 heterocycles. The average Bonchev–Trinajstić information content (AvgIpc) is 3.87. The van der Waals surface area contributed by atoms with Gasteiger partial charge in [-0.2, -0.15) is 4.98 Å². The molecule has 0 atom stereocenters. The first-order valence-corrected chi connectivity index (χ1v) is 23.8. The molecular formula is C44H58N20O15. The Balaban J connectivity index is 1.25. The van der Waals surface area contributed by atoms with E-state index in [9.17, 15) is 71.9 Å². The lowest BCUT2D eigenvalue weighted by molar-refractivity contribution is -0.138. The normalized spacial score (nSPS) is 10.9. The minimum atomic E-state index is -0.951. The highest BCUT2D eigenvalue weighted by molar-refractivity contribution is 5.87. The van der Waals surface area contributed by atoms with Crippen LogP contribution in [0, 0.1) is 20.8 Å². The highest BCUT2D eigenvalue weighted by Gasteiger charge is 2.24. The van der Waals surface area contributed by atoms with E-state index in [0.29, 0.717) is 0 Å². The summed E-state index contributed by atoms with van der Waals surface area (Å²) in [7, 11) is 0. The SMILES string of the molecule is Cc1cn(CC(=O)N(CCN)CC(=O)NCCN(CC(=O)NCCN(CC(=O)NCCN(CC(N)=O)C(=O)Cn2cnc3c(=O)[nH]c(N)nc32)C(=O)Cn2cc(C)c(=O)[nH]c2=O)C(=O)Cn2cc(C)c(=O)[nH]c2=O)c(=O)[nH]c1=O. The summed E-state index contributed by atoms with van der Waals surface area (Å²) in [6.45, 7) is -3.11. The maximum Gasteiger partial charge on any atom is 0.328 e. The molecule has 424 valence electrons. The minimum Gasteiger partial charge on any atom is -0.369 e. The summed E-state index contributed by atoms with van der Waals surface area (Å²) in [5.74, 6) is -6.69. The summed E-state index contributed by atoms with van der Waals surface area (Å²) in [6, 6.07) is 0. The van der Waals surface area contributed by atoms with Crippen molar-refractivity contribution in [3.05, 3.63) is 114 Å². The Kier molecular flexibility index (Phi) is 20.5. The number of fused-ring (bicyclic) bond motifs is 1. The Hall–Kier alpha value is -10.1. The second kappa shape index (κ2) is 27.1. The number of amides is 8. The number of anilines is 1. The van der Waals surface area contributed by atoms with Crippen molar-refractivity contribution in [3.63, 3.8) is 0 Å². The third-order valence-electron chi connectivity index (χ3n) is 11.6. The van der Waals surface area contributed by atoms with E-state index in [2.05, 4.69) is 45.9 Å². The van der Waals surface area contributed by atoms with Crippen LogP contribution in [0.2, 0.25) is 0 Å². The number of aryl methyl sites for hydroxylation is 3. The highest BCUT2D eigenvalue weighted by atomic mass is 16.2. The zero-order valence-corrected chi connectivity index (χ0v) is 43.0. The fraction of sp³-hybridized carbons (Fsp3) is 0.432. The number of aromatic amines is 4. The summed E-state index contributed by atoms with van der Waals surface area (Å²) in [4.78, 5) is 212. The smallest absolute Gasteiger partial charge is 0.328 e. The van der Waals surface area contributed by atoms with E-state index in [4.69, 9.17) is 17.2 Å². The Morgan fingerprint density at radius 2 is 0.848 bits per heavy atom. The van der Waals surface area contributed by atoms with Gasteiger partial charge in [0, 0.05) is 87.6 Å². The molecule has 0 aliphatic heterocycles. The lowest BCUT2D eigenvalue weighted by atomic mass is 10.3. The summed E-state index contributed by atoms with van der Waals surface area (Å²) >= 11 is 0. The van der Waals surface area contributed by atoms with E-state index in [1.807, 2.05) is 0 Å². The van der Waals surface area contributed by atoms with Crippen LogP contribution in [0.25, 0.3) is 11.2 Å². The highest BCUT2D eigenvalue weighted by Crippen LogP contribution is 2.08. The maximum atomic E-state index is 13.7. The zero-order valence-electron chi connectivity index (χ0n) is 43.0. The molecule has 0 unspecified atom stereocenters. The van der Waals surface area contributed by atoms with E-state index in [-0.39, 0.29) is 79.6 Å². The fourth-order valence-corrected chi connectivity index (χ4v) is 7.47. The van der Waals surface area contributed by atoms with Gasteiger partial charge < -0.3 is 57.3 Å². The summed E-state index contributed by atoms with van der Waals surface area (Å²) in [6.07, 6.45) is 4.57. The third-order valence-corrected chi connectivity index (χ3v) is 11.6. The van der Waals surface area contributed by atoms with Crippen LogP contribution >= 0.6 is 0 Å². The van der Waals surface area contributed by atoms with Crippen LogP contribution in [-0.4, -0.2) is 194 Å². The number of imidazole rings is 1. The predicted octanol–water partition coefficient (Wildman–Crippen LogP) is -9.62. The van der Waals surface area contributed by atoms with Crippen molar-refractivity contribution in [2.75, 3.05) is 84.3 Å². The van der Waals surface area contributed by atoms with Crippen LogP contribution in [-0.2, 0) is 64.5 Å². The van der Waals surface area contributed by atoms with Crippen LogP contribution in [0.3, 0.4) is 0 Å². The molecule has 35 heteroatoms. The van der Waals surface area contributed by atoms with Crippen molar-refractivity contribution in [3.8, 4) is 0 Å². The molecule has 5 rings (SSSR count). The molecular weight excluding hydrogens is 1050 g/mol. The van der Waals surface area contributed by atoms with Gasteiger partial charge in [-0.3, -0.25) is 91.2 Å². The first-order chi connectivity index (χ1) is 37.3. The molecule has 5 aromatic rings. The quantitative estimate of drug-likeness (QED) is 0.0233. The van der Waals surface area contributed by atoms with E-state index in [1.54, 1.807) is 0 Å². The van der Waals surface area contributed by atoms with Crippen molar-refractivity contribution >= 4 is 64.4 Å². The Bertz CT molecular complexity index is 3580. The third kappa shape index (κ3) is 17.0. The summed E-state index contributed by atoms with van der Waals surface area (Å²) in [5.41, 5.74) is 11.4. The Labute approximate surface area is 442 Å². The average molecular weight is 1110 g/mol. The van der Waals surface area contributed by atoms with Crippen molar-refractivity contribution < 1.29 is 38.4 Å². The van der Waals surface area contributed by atoms with Crippen molar-refractivity contribution in [2.45, 2.75) is 47.0 Å². The molecule has 8 amide bonds. The number of nitrogen functional groups attached to an aromatic ring is 1. The summed E-state index contributed by atoms with van der Waals surface area (Å²) < 4.78 is 3.92. The molecule has 0 radical (unpaired) electrons. The molecule has 0 aliphatic carbocycles. The molecule has 0 aliphatic rings. The molecule has 13 N–H and O–H groups in total. The van der Waals surface area contributed by atoms with E-state index >= 15 is 0 Å². The lowest BCUT2D eigenvalue weighted by Gasteiger charge is -2.25. The topological polar surface area (TPSA) is 492 Å². The molecule has 79 heavy (non-hydrogen) atoms. The monoisotopic (exact) mass is 1110 g/mol. The number of aromatic nitrogens is 10. The number of hydrogen-bond acceptors (Lipinski definition) is 19. The van der Waals surface area contributed by atoms with Crippen LogP contribution in [0.5, 0.6) is 0 Å². The van der Waals surface area contributed by atoms with Crippen LogP contribution in [0.4, 0.5) is 5.95 Å². The number of primary amides is 1. The maximum absolute atomic E-state index is 13.7. The number of nitrogens with zero attached hydrogens (tertiary/aromatic N) is 10. The van der Waals surface area contributed by atoms with Crippen LogP contribution < -0.4 is 72.5 Å². The van der Waals surface area contributed by atoms with Gasteiger partial charge in [-0.05, 0) is 20.8 Å². The van der Waals surface area contributed by atoms with E-state index < -0.39 is 145 Å². The first-order valence-electron chi connectivity index (χ1n) is 23.8. The van der Waals surface area contributed by atoms with Gasteiger partial charge in [-0.1, -0.05) is 0 Å². The van der Waals surface area contributed by atoms with Crippen molar-refractivity contribution in [2.24, 2.45) is 11.5 Å². The second-order valence-corrected chi connectivity index (χ2v) is 17.7. The van der Waals surface area contributed by atoms with Gasteiger partial charge in [0.05, 0.1) is 32.5 Å². The van der Waals surface area contributed by atoms with Gasteiger partial charge in [-0.15, -0.1) is 0 Å². The first kappa shape index (κ1) is 59.8. The van der Waals surface area contributed by atoms with Gasteiger partial charge in [0.25, 0.3) is 22.2 Å². The minimum absolute atomic E-state index is 0.0253. The molecule has 0 fully saturated rings.